The van der Waals surface area contributed by atoms with E-state index in [1.54, 1.807) is 6.07 Å². The van der Waals surface area contributed by atoms with Gasteiger partial charge in [0, 0.05) is 25.7 Å². The van der Waals surface area contributed by atoms with Crippen molar-refractivity contribution in [3.05, 3.63) is 29.6 Å². The largest absolute Gasteiger partial charge is 0.370 e. The van der Waals surface area contributed by atoms with E-state index in [4.69, 9.17) is 0 Å². The maximum atomic E-state index is 13.9. The molecule has 0 unspecified atom stereocenters. The Balaban J connectivity index is 2.04. The van der Waals surface area contributed by atoms with Crippen LogP contribution in [0.15, 0.2) is 18.2 Å². The van der Waals surface area contributed by atoms with Gasteiger partial charge in [0.2, 0.25) is 0 Å². The van der Waals surface area contributed by atoms with Crippen molar-refractivity contribution in [2.45, 2.75) is 45.3 Å². The maximum Gasteiger partial charge on any atom is 0.146 e. The molecule has 2 nitrogen and oxygen atoms in total. The lowest BCUT2D eigenvalue weighted by Gasteiger charge is -2.24. The van der Waals surface area contributed by atoms with Crippen LogP contribution in [-0.4, -0.2) is 19.1 Å². The molecule has 2 rings (SSSR count). The second kappa shape index (κ2) is 5.05. The normalized spacial score (nSPS) is 15.4. The molecule has 0 radical (unpaired) electrons. The van der Waals surface area contributed by atoms with Crippen LogP contribution < -0.4 is 10.2 Å². The van der Waals surface area contributed by atoms with Gasteiger partial charge in [-0.3, -0.25) is 0 Å². The van der Waals surface area contributed by atoms with E-state index in [-0.39, 0.29) is 5.82 Å². The van der Waals surface area contributed by atoms with Crippen molar-refractivity contribution < 1.29 is 4.39 Å². The third-order valence-corrected chi connectivity index (χ3v) is 3.34. The van der Waals surface area contributed by atoms with Crippen LogP contribution in [0.2, 0.25) is 0 Å². The average Bonchev–Trinajstić information content (AvgIpc) is 3.09. The number of nitrogens with one attached hydrogen (secondary N) is 1. The van der Waals surface area contributed by atoms with Crippen molar-refractivity contribution >= 4 is 5.69 Å². The van der Waals surface area contributed by atoms with E-state index in [0.717, 1.165) is 12.1 Å². The Morgan fingerprint density at radius 1 is 1.41 bits per heavy atom. The number of rotatable bonds is 5. The van der Waals surface area contributed by atoms with Crippen LogP contribution >= 0.6 is 0 Å². The van der Waals surface area contributed by atoms with E-state index < -0.39 is 0 Å². The topological polar surface area (TPSA) is 15.3 Å². The Kier molecular flexibility index (Phi) is 3.67. The molecule has 0 spiro atoms. The van der Waals surface area contributed by atoms with Gasteiger partial charge in [-0.25, -0.2) is 4.39 Å². The Bertz CT molecular complexity index is 386. The van der Waals surface area contributed by atoms with E-state index in [2.05, 4.69) is 19.2 Å². The van der Waals surface area contributed by atoms with Crippen LogP contribution in [0.1, 0.15) is 32.3 Å². The van der Waals surface area contributed by atoms with Crippen molar-refractivity contribution in [1.29, 1.82) is 0 Å². The summed E-state index contributed by atoms with van der Waals surface area (Å²) in [5.41, 5.74) is 1.70. The molecule has 1 aliphatic carbocycles. The molecule has 0 amide bonds. The summed E-state index contributed by atoms with van der Waals surface area (Å²) in [5.74, 6) is -0.128. The molecular weight excluding hydrogens is 215 g/mol. The summed E-state index contributed by atoms with van der Waals surface area (Å²) in [6.45, 7) is 4.89. The number of hydrogen-bond acceptors (Lipinski definition) is 2. The number of anilines is 1. The van der Waals surface area contributed by atoms with Crippen LogP contribution in [0, 0.1) is 5.82 Å². The quantitative estimate of drug-likeness (QED) is 0.845. The zero-order valence-electron chi connectivity index (χ0n) is 10.8. The highest BCUT2D eigenvalue weighted by Gasteiger charge is 2.20. The summed E-state index contributed by atoms with van der Waals surface area (Å²) in [6.07, 6.45) is 2.52. The monoisotopic (exact) mass is 236 g/mol. The highest BCUT2D eigenvalue weighted by Crippen LogP contribution is 2.23. The van der Waals surface area contributed by atoms with Crippen molar-refractivity contribution in [3.8, 4) is 0 Å². The molecule has 1 N–H and O–H groups in total. The molecule has 1 aromatic rings. The minimum atomic E-state index is -0.128. The fourth-order valence-electron chi connectivity index (χ4n) is 1.77. The van der Waals surface area contributed by atoms with Crippen LogP contribution in [0.5, 0.6) is 0 Å². The number of halogens is 1. The lowest BCUT2D eigenvalue weighted by molar-refractivity contribution is 0.607. The lowest BCUT2D eigenvalue weighted by atomic mass is 10.1. The number of hydrogen-bond donors (Lipinski definition) is 1. The molecule has 0 aromatic heterocycles. The van der Waals surface area contributed by atoms with Gasteiger partial charge in [-0.1, -0.05) is 6.07 Å². The van der Waals surface area contributed by atoms with Gasteiger partial charge in [0.15, 0.2) is 0 Å². The first-order valence-electron chi connectivity index (χ1n) is 6.32. The van der Waals surface area contributed by atoms with Gasteiger partial charge in [-0.05, 0) is 44.4 Å². The Morgan fingerprint density at radius 2 is 2.12 bits per heavy atom. The van der Waals surface area contributed by atoms with Crippen LogP contribution in [-0.2, 0) is 6.54 Å². The molecule has 0 saturated heterocycles. The van der Waals surface area contributed by atoms with Crippen molar-refractivity contribution in [3.63, 3.8) is 0 Å². The predicted octanol–water partition coefficient (Wildman–Crippen LogP) is 2.92. The Labute approximate surface area is 103 Å². The minimum absolute atomic E-state index is 0.128. The van der Waals surface area contributed by atoms with Crippen molar-refractivity contribution in [1.82, 2.24) is 5.32 Å². The van der Waals surface area contributed by atoms with Gasteiger partial charge in [0.25, 0.3) is 0 Å². The average molecular weight is 236 g/mol. The summed E-state index contributed by atoms with van der Waals surface area (Å²) in [5, 5.41) is 3.39. The molecule has 17 heavy (non-hydrogen) atoms. The zero-order chi connectivity index (χ0) is 12.4. The number of benzene rings is 1. The first-order valence-corrected chi connectivity index (χ1v) is 6.32. The first kappa shape index (κ1) is 12.4. The van der Waals surface area contributed by atoms with E-state index in [9.17, 15) is 4.39 Å². The molecule has 3 heteroatoms. The fraction of sp³-hybridized carbons (Fsp3) is 0.571. The molecule has 0 atom stereocenters. The summed E-state index contributed by atoms with van der Waals surface area (Å²) in [4.78, 5) is 1.95. The molecule has 94 valence electrons. The van der Waals surface area contributed by atoms with Gasteiger partial charge >= 0.3 is 0 Å². The Morgan fingerprint density at radius 3 is 2.65 bits per heavy atom. The molecule has 1 aromatic carbocycles. The van der Waals surface area contributed by atoms with Gasteiger partial charge < -0.3 is 10.2 Å². The summed E-state index contributed by atoms with van der Waals surface area (Å²) in [6, 6.07) is 6.49. The molecular formula is C14H21FN2. The van der Waals surface area contributed by atoms with E-state index in [1.165, 1.54) is 12.8 Å². The second-order valence-corrected chi connectivity index (χ2v) is 5.15. The van der Waals surface area contributed by atoms with E-state index in [1.807, 2.05) is 24.1 Å². The molecule has 0 aliphatic heterocycles. The van der Waals surface area contributed by atoms with Crippen LogP contribution in [0.25, 0.3) is 0 Å². The standard InChI is InChI=1S/C14H21FN2/c1-10(2)17(3)14-7-4-11(8-13(14)15)9-16-12-5-6-12/h4,7-8,10,12,16H,5-6,9H2,1-3H3. The predicted molar refractivity (Wildman–Crippen MR) is 69.8 cm³/mol. The highest BCUT2D eigenvalue weighted by atomic mass is 19.1. The lowest BCUT2D eigenvalue weighted by Crippen LogP contribution is -2.26. The smallest absolute Gasteiger partial charge is 0.146 e. The van der Waals surface area contributed by atoms with Crippen molar-refractivity contribution in [2.75, 3.05) is 11.9 Å². The molecule has 0 bridgehead atoms. The molecule has 1 fully saturated rings. The van der Waals surface area contributed by atoms with Crippen molar-refractivity contribution in [2.24, 2.45) is 0 Å². The van der Waals surface area contributed by atoms with E-state index >= 15 is 0 Å². The van der Waals surface area contributed by atoms with Crippen LogP contribution in [0.3, 0.4) is 0 Å². The van der Waals surface area contributed by atoms with Gasteiger partial charge in [-0.2, -0.15) is 0 Å². The summed E-state index contributed by atoms with van der Waals surface area (Å²) in [7, 11) is 1.92. The summed E-state index contributed by atoms with van der Waals surface area (Å²) >= 11 is 0. The second-order valence-electron chi connectivity index (χ2n) is 5.15. The third kappa shape index (κ3) is 3.19. The SMILES string of the molecule is CC(C)N(C)c1ccc(CNC2CC2)cc1F. The van der Waals surface area contributed by atoms with Gasteiger partial charge in [0.05, 0.1) is 5.69 Å². The fourth-order valence-corrected chi connectivity index (χ4v) is 1.77. The highest BCUT2D eigenvalue weighted by molar-refractivity contribution is 5.49. The summed E-state index contributed by atoms with van der Waals surface area (Å²) < 4.78 is 13.9. The van der Waals surface area contributed by atoms with Crippen LogP contribution in [0.4, 0.5) is 10.1 Å². The third-order valence-electron chi connectivity index (χ3n) is 3.34. The molecule has 0 heterocycles. The van der Waals surface area contributed by atoms with E-state index in [0.29, 0.717) is 17.8 Å². The number of nitrogens with zero attached hydrogens (tertiary/aromatic N) is 1. The maximum absolute atomic E-state index is 13.9. The van der Waals surface area contributed by atoms with Gasteiger partial charge in [-0.15, -0.1) is 0 Å². The molecule has 1 aliphatic rings. The molecule has 1 saturated carbocycles. The Hall–Kier alpha value is -1.09. The first-order chi connectivity index (χ1) is 8.08. The zero-order valence-corrected chi connectivity index (χ0v) is 10.8. The van der Waals surface area contributed by atoms with Gasteiger partial charge in [0.1, 0.15) is 5.82 Å². The minimum Gasteiger partial charge on any atom is -0.370 e.